The molecule has 2 fully saturated rings. The van der Waals surface area contributed by atoms with Crippen LogP contribution in [0.5, 0.6) is 0 Å². The van der Waals surface area contributed by atoms with E-state index in [9.17, 15) is 4.79 Å². The van der Waals surface area contributed by atoms with Gasteiger partial charge in [0.2, 0.25) is 0 Å². The number of ether oxygens (including phenoxy) is 1. The van der Waals surface area contributed by atoms with Gasteiger partial charge in [-0.1, -0.05) is 0 Å². The number of hydrogen-bond acceptors (Lipinski definition) is 5. The molecule has 0 spiro atoms. The van der Waals surface area contributed by atoms with Gasteiger partial charge in [-0.3, -0.25) is 4.79 Å². The monoisotopic (exact) mass is 287 g/mol. The zero-order chi connectivity index (χ0) is 14.2. The Morgan fingerprint density at radius 2 is 2.29 bits per heavy atom. The van der Waals surface area contributed by atoms with E-state index in [0.29, 0.717) is 24.8 Å². The minimum atomic E-state index is -0.439. The van der Waals surface area contributed by atoms with E-state index in [2.05, 4.69) is 15.6 Å². The molecule has 1 aliphatic heterocycles. The quantitative estimate of drug-likeness (QED) is 0.897. The fourth-order valence-corrected chi connectivity index (χ4v) is 2.48. The van der Waals surface area contributed by atoms with Crippen molar-refractivity contribution >= 4 is 22.7 Å². The van der Waals surface area contributed by atoms with Gasteiger partial charge in [0.15, 0.2) is 11.5 Å². The second kappa shape index (κ2) is 5.13. The van der Waals surface area contributed by atoms with Crippen LogP contribution in [0.4, 0.5) is 5.69 Å². The van der Waals surface area contributed by atoms with Crippen molar-refractivity contribution in [2.45, 2.75) is 24.9 Å². The summed E-state index contributed by atoms with van der Waals surface area (Å²) in [6.45, 7) is 1.89. The number of rotatable bonds is 3. The number of carbonyl (C=O) groups excluding carboxylic acids is 1. The molecule has 1 aromatic heterocycles. The van der Waals surface area contributed by atoms with Gasteiger partial charge in [-0.15, -0.1) is 0 Å². The number of nitrogens with one attached hydrogen (secondary N) is 2. The maximum atomic E-state index is 12.1. The van der Waals surface area contributed by atoms with Crippen LogP contribution >= 0.6 is 0 Å². The summed E-state index contributed by atoms with van der Waals surface area (Å²) in [6, 6.07) is 5.54. The average molecular weight is 287 g/mol. The van der Waals surface area contributed by atoms with Gasteiger partial charge in [-0.2, -0.15) is 0 Å². The van der Waals surface area contributed by atoms with Gasteiger partial charge < -0.3 is 19.8 Å². The van der Waals surface area contributed by atoms with E-state index in [1.807, 2.05) is 18.2 Å². The number of anilines is 1. The first-order valence-electron chi connectivity index (χ1n) is 7.33. The van der Waals surface area contributed by atoms with Crippen LogP contribution in [-0.4, -0.2) is 36.7 Å². The van der Waals surface area contributed by atoms with Gasteiger partial charge in [-0.25, -0.2) is 4.98 Å². The first-order valence-corrected chi connectivity index (χ1v) is 7.33. The number of hydrogen-bond donors (Lipinski definition) is 2. The number of benzene rings is 1. The molecule has 4 rings (SSSR count). The first-order chi connectivity index (χ1) is 10.3. The second-order valence-corrected chi connectivity index (χ2v) is 5.56. The molecule has 2 heterocycles. The van der Waals surface area contributed by atoms with Gasteiger partial charge in [0.25, 0.3) is 5.91 Å². The Bertz CT molecular complexity index is 672. The highest BCUT2D eigenvalue weighted by molar-refractivity contribution is 5.95. The molecular weight excluding hydrogens is 270 g/mol. The minimum Gasteiger partial charge on any atom is -0.440 e. The van der Waals surface area contributed by atoms with Gasteiger partial charge in [0.1, 0.15) is 11.6 Å². The van der Waals surface area contributed by atoms with Crippen molar-refractivity contribution in [2.75, 3.05) is 25.0 Å². The Balaban J connectivity index is 1.51. The van der Waals surface area contributed by atoms with Gasteiger partial charge >= 0.3 is 0 Å². The Morgan fingerprint density at radius 1 is 1.38 bits per heavy atom. The average Bonchev–Trinajstić information content (AvgIpc) is 3.28. The van der Waals surface area contributed by atoms with Crippen molar-refractivity contribution in [3.8, 4) is 0 Å². The summed E-state index contributed by atoms with van der Waals surface area (Å²) in [7, 11) is 0. The third kappa shape index (κ3) is 2.64. The zero-order valence-electron chi connectivity index (χ0n) is 11.6. The van der Waals surface area contributed by atoms with Gasteiger partial charge in [-0.05, 0) is 25.0 Å². The van der Waals surface area contributed by atoms with E-state index >= 15 is 0 Å². The van der Waals surface area contributed by atoms with Crippen LogP contribution in [0.25, 0.3) is 11.1 Å². The molecule has 0 bridgehead atoms. The molecule has 1 amide bonds. The van der Waals surface area contributed by atoms with E-state index < -0.39 is 6.10 Å². The Hall–Kier alpha value is -1.92. The molecule has 2 N–H and O–H groups in total. The lowest BCUT2D eigenvalue weighted by atomic mass is 10.2. The topological polar surface area (TPSA) is 76.4 Å². The summed E-state index contributed by atoms with van der Waals surface area (Å²) < 4.78 is 11.2. The largest absolute Gasteiger partial charge is 0.440 e. The fraction of sp³-hybridized carbons (Fsp3) is 0.467. The summed E-state index contributed by atoms with van der Waals surface area (Å²) in [5.74, 6) is 1.16. The summed E-state index contributed by atoms with van der Waals surface area (Å²) >= 11 is 0. The molecule has 6 nitrogen and oxygen atoms in total. The summed E-state index contributed by atoms with van der Waals surface area (Å²) in [5.41, 5.74) is 2.27. The van der Waals surface area contributed by atoms with E-state index in [1.54, 1.807) is 0 Å². The second-order valence-electron chi connectivity index (χ2n) is 5.56. The van der Waals surface area contributed by atoms with Crippen LogP contribution in [0, 0.1) is 0 Å². The summed E-state index contributed by atoms with van der Waals surface area (Å²) in [4.78, 5) is 16.6. The number of carbonyl (C=O) groups is 1. The smallest absolute Gasteiger partial charge is 0.254 e. The third-order valence-electron chi connectivity index (χ3n) is 3.82. The van der Waals surface area contributed by atoms with Crippen molar-refractivity contribution in [1.82, 2.24) is 10.3 Å². The molecule has 1 saturated heterocycles. The highest BCUT2D eigenvalue weighted by Crippen LogP contribution is 2.40. The predicted molar refractivity (Wildman–Crippen MR) is 77.2 cm³/mol. The Kier molecular flexibility index (Phi) is 3.12. The fourth-order valence-electron chi connectivity index (χ4n) is 2.48. The number of fused-ring (bicyclic) bond motifs is 1. The maximum Gasteiger partial charge on any atom is 0.254 e. The molecule has 1 atom stereocenters. The van der Waals surface area contributed by atoms with Gasteiger partial charge in [0, 0.05) is 30.8 Å². The van der Waals surface area contributed by atoms with Crippen LogP contribution in [0.15, 0.2) is 22.6 Å². The number of nitrogens with zero attached hydrogens (tertiary/aromatic N) is 1. The molecule has 110 valence electrons. The SMILES string of the molecule is O=C(Nc1ccc2nc(C3CC3)oc2c1)C1CNCCO1. The van der Waals surface area contributed by atoms with Crippen LogP contribution in [0.3, 0.4) is 0 Å². The number of amides is 1. The molecule has 0 radical (unpaired) electrons. The Labute approximate surface area is 121 Å². The van der Waals surface area contributed by atoms with Crippen LogP contribution in [0.2, 0.25) is 0 Å². The van der Waals surface area contributed by atoms with Crippen molar-refractivity contribution in [2.24, 2.45) is 0 Å². The standard InChI is InChI=1S/C15H17N3O3/c19-14(13-8-16-5-6-20-13)17-10-3-4-11-12(7-10)21-15(18-11)9-1-2-9/h3-4,7,9,13,16H,1-2,5-6,8H2,(H,17,19). The zero-order valence-corrected chi connectivity index (χ0v) is 11.6. The molecular formula is C15H17N3O3. The van der Waals surface area contributed by atoms with E-state index in [1.165, 1.54) is 0 Å². The van der Waals surface area contributed by atoms with E-state index in [4.69, 9.17) is 9.15 Å². The maximum absolute atomic E-state index is 12.1. The molecule has 1 aromatic carbocycles. The minimum absolute atomic E-state index is 0.136. The van der Waals surface area contributed by atoms with Crippen LogP contribution in [0.1, 0.15) is 24.7 Å². The normalized spacial score (nSPS) is 22.4. The molecule has 2 aliphatic rings. The van der Waals surface area contributed by atoms with Crippen molar-refractivity contribution in [1.29, 1.82) is 0 Å². The lowest BCUT2D eigenvalue weighted by Crippen LogP contribution is -2.45. The number of aromatic nitrogens is 1. The molecule has 21 heavy (non-hydrogen) atoms. The van der Waals surface area contributed by atoms with E-state index in [-0.39, 0.29) is 5.91 Å². The highest BCUT2D eigenvalue weighted by Gasteiger charge is 2.29. The van der Waals surface area contributed by atoms with Crippen LogP contribution < -0.4 is 10.6 Å². The number of oxazole rings is 1. The van der Waals surface area contributed by atoms with Crippen molar-refractivity contribution in [3.05, 3.63) is 24.1 Å². The van der Waals surface area contributed by atoms with Crippen molar-refractivity contribution in [3.63, 3.8) is 0 Å². The van der Waals surface area contributed by atoms with Crippen LogP contribution in [-0.2, 0) is 9.53 Å². The molecule has 2 aromatic rings. The summed E-state index contributed by atoms with van der Waals surface area (Å²) in [5, 5.41) is 6.01. The first kappa shape index (κ1) is 12.8. The predicted octanol–water partition coefficient (Wildman–Crippen LogP) is 1.63. The highest BCUT2D eigenvalue weighted by atomic mass is 16.5. The molecule has 1 saturated carbocycles. The van der Waals surface area contributed by atoms with Crippen molar-refractivity contribution < 1.29 is 13.9 Å². The molecule has 1 unspecified atom stereocenters. The van der Waals surface area contributed by atoms with Gasteiger partial charge in [0.05, 0.1) is 6.61 Å². The lowest BCUT2D eigenvalue weighted by Gasteiger charge is -2.22. The molecule has 1 aliphatic carbocycles. The molecule has 6 heteroatoms. The third-order valence-corrected chi connectivity index (χ3v) is 3.82. The summed E-state index contributed by atoms with van der Waals surface area (Å²) in [6.07, 6.45) is 1.87. The number of morpholine rings is 1. The lowest BCUT2D eigenvalue weighted by molar-refractivity contribution is -0.128. The Morgan fingerprint density at radius 3 is 3.05 bits per heavy atom. The van der Waals surface area contributed by atoms with E-state index in [0.717, 1.165) is 36.4 Å².